The molecule has 2 N–H and O–H groups in total. The number of thiocarbonyl (C=S) groups is 1. The predicted molar refractivity (Wildman–Crippen MR) is 36.1 cm³/mol. The van der Waals surface area contributed by atoms with Crippen molar-refractivity contribution in [3.05, 3.63) is 0 Å². The smallest absolute Gasteiger partial charge is 0.184 e. The van der Waals surface area contributed by atoms with Gasteiger partial charge < -0.3 is 4.90 Å². The predicted octanol–water partition coefficient (Wildman–Crippen LogP) is -0.341. The van der Waals surface area contributed by atoms with E-state index in [9.17, 15) is 0 Å². The first-order valence-electron chi connectivity index (χ1n) is 2.62. The second-order valence-corrected chi connectivity index (χ2v) is 2.01. The number of nitrogens with zero attached hydrogens (tertiary/aromatic N) is 1. The van der Waals surface area contributed by atoms with Crippen LogP contribution in [0.4, 0.5) is 0 Å². The van der Waals surface area contributed by atoms with Crippen LogP contribution in [-0.4, -0.2) is 23.2 Å². The quantitative estimate of drug-likeness (QED) is 0.476. The van der Waals surface area contributed by atoms with Crippen molar-refractivity contribution in [2.75, 3.05) is 13.2 Å². The van der Waals surface area contributed by atoms with E-state index in [0.29, 0.717) is 0 Å². The molecule has 0 aliphatic carbocycles. The van der Waals surface area contributed by atoms with Gasteiger partial charge in [-0.15, -0.1) is 0 Å². The molecule has 0 bridgehead atoms. The number of hydrogen-bond acceptors (Lipinski definition) is 2. The van der Waals surface area contributed by atoms with Gasteiger partial charge in [0.05, 0.1) is 6.67 Å². The molecular formula is C4H9N3S. The van der Waals surface area contributed by atoms with Crippen molar-refractivity contribution < 1.29 is 0 Å². The van der Waals surface area contributed by atoms with Crippen LogP contribution in [0.5, 0.6) is 0 Å². The van der Waals surface area contributed by atoms with Crippen LogP contribution < -0.4 is 10.9 Å². The van der Waals surface area contributed by atoms with E-state index in [0.717, 1.165) is 18.3 Å². The Morgan fingerprint density at radius 3 is 2.88 bits per heavy atom. The number of nitrogens with one attached hydrogen (secondary N) is 2. The van der Waals surface area contributed by atoms with Gasteiger partial charge >= 0.3 is 0 Å². The summed E-state index contributed by atoms with van der Waals surface area (Å²) < 4.78 is 0. The third-order valence-electron chi connectivity index (χ3n) is 1.13. The molecule has 0 aromatic carbocycles. The summed E-state index contributed by atoms with van der Waals surface area (Å²) in [6.07, 6.45) is 0. The van der Waals surface area contributed by atoms with Crippen LogP contribution in [0.3, 0.4) is 0 Å². The summed E-state index contributed by atoms with van der Waals surface area (Å²) in [5.74, 6) is 0. The highest BCUT2D eigenvalue weighted by atomic mass is 32.1. The van der Waals surface area contributed by atoms with Crippen LogP contribution in [0.15, 0.2) is 0 Å². The lowest BCUT2D eigenvalue weighted by atomic mass is 10.6. The Balaban J connectivity index is 2.42. The maximum Gasteiger partial charge on any atom is 0.184 e. The summed E-state index contributed by atoms with van der Waals surface area (Å²) in [6, 6.07) is 0. The van der Waals surface area contributed by atoms with Gasteiger partial charge in [0.15, 0.2) is 5.11 Å². The van der Waals surface area contributed by atoms with Crippen LogP contribution in [0.1, 0.15) is 6.92 Å². The van der Waals surface area contributed by atoms with Gasteiger partial charge in [-0.25, -0.2) is 5.43 Å². The summed E-state index contributed by atoms with van der Waals surface area (Å²) in [6.45, 7) is 3.87. The molecule has 0 unspecified atom stereocenters. The average Bonchev–Trinajstić information content (AvgIpc) is 2.14. The van der Waals surface area contributed by atoms with Crippen molar-refractivity contribution in [2.45, 2.75) is 6.92 Å². The fourth-order valence-electron chi connectivity index (χ4n) is 0.617. The minimum absolute atomic E-state index is 0.799. The molecule has 0 spiro atoms. The van der Waals surface area contributed by atoms with Crippen molar-refractivity contribution in [3.63, 3.8) is 0 Å². The molecule has 1 aliphatic heterocycles. The molecule has 1 fully saturated rings. The standard InChI is InChI=1S/C4H9N3S/c1-2-7-3-5-6-4(7)8/h5H,2-3H2,1H3,(H,6,8). The van der Waals surface area contributed by atoms with Crippen LogP contribution in [0.25, 0.3) is 0 Å². The van der Waals surface area contributed by atoms with Crippen LogP contribution >= 0.6 is 12.2 Å². The topological polar surface area (TPSA) is 27.3 Å². The Bertz CT molecular complexity index is 103. The number of rotatable bonds is 1. The molecule has 3 nitrogen and oxygen atoms in total. The molecule has 1 heterocycles. The van der Waals surface area contributed by atoms with Crippen LogP contribution in [0, 0.1) is 0 Å². The molecular weight excluding hydrogens is 122 g/mol. The second kappa shape index (κ2) is 2.28. The molecule has 0 aromatic heterocycles. The van der Waals surface area contributed by atoms with Gasteiger partial charge in [0, 0.05) is 6.54 Å². The van der Waals surface area contributed by atoms with E-state index in [1.807, 2.05) is 4.90 Å². The Kier molecular flexibility index (Phi) is 1.65. The van der Waals surface area contributed by atoms with Gasteiger partial charge in [-0.05, 0) is 19.1 Å². The molecule has 8 heavy (non-hydrogen) atoms. The zero-order valence-corrected chi connectivity index (χ0v) is 5.59. The highest BCUT2D eigenvalue weighted by Gasteiger charge is 2.11. The lowest BCUT2D eigenvalue weighted by molar-refractivity contribution is 0.459. The first-order valence-corrected chi connectivity index (χ1v) is 3.03. The minimum Gasteiger partial charge on any atom is -0.334 e. The van der Waals surface area contributed by atoms with E-state index in [2.05, 4.69) is 17.8 Å². The molecule has 0 radical (unpaired) electrons. The SMILES string of the molecule is CCN1CNNC1=S. The molecule has 46 valence electrons. The van der Waals surface area contributed by atoms with Gasteiger partial charge in [0.1, 0.15) is 0 Å². The summed E-state index contributed by atoms with van der Waals surface area (Å²) in [4.78, 5) is 2.04. The van der Waals surface area contributed by atoms with E-state index in [-0.39, 0.29) is 0 Å². The van der Waals surface area contributed by atoms with Gasteiger partial charge in [-0.3, -0.25) is 5.43 Å². The summed E-state index contributed by atoms with van der Waals surface area (Å²) >= 11 is 4.89. The number of hydrogen-bond donors (Lipinski definition) is 2. The van der Waals surface area contributed by atoms with Crippen LogP contribution in [-0.2, 0) is 0 Å². The normalized spacial score (nSPS) is 19.1. The Morgan fingerprint density at radius 1 is 1.88 bits per heavy atom. The van der Waals surface area contributed by atoms with E-state index in [1.165, 1.54) is 0 Å². The fourth-order valence-corrected chi connectivity index (χ4v) is 0.883. The first kappa shape index (κ1) is 5.78. The van der Waals surface area contributed by atoms with Gasteiger partial charge in [0.25, 0.3) is 0 Å². The minimum atomic E-state index is 0.799. The van der Waals surface area contributed by atoms with Gasteiger partial charge in [-0.1, -0.05) is 0 Å². The van der Waals surface area contributed by atoms with Gasteiger partial charge in [-0.2, -0.15) is 0 Å². The molecule has 0 aromatic rings. The third kappa shape index (κ3) is 0.900. The fraction of sp³-hybridized carbons (Fsp3) is 0.750. The Hall–Kier alpha value is -0.350. The average molecular weight is 131 g/mol. The van der Waals surface area contributed by atoms with Crippen molar-refractivity contribution >= 4 is 17.3 Å². The van der Waals surface area contributed by atoms with Crippen molar-refractivity contribution in [3.8, 4) is 0 Å². The van der Waals surface area contributed by atoms with Crippen molar-refractivity contribution in [1.82, 2.24) is 15.8 Å². The molecule has 1 saturated heterocycles. The molecule has 1 aliphatic rings. The third-order valence-corrected chi connectivity index (χ3v) is 1.49. The lowest BCUT2D eigenvalue weighted by Crippen LogP contribution is -2.27. The first-order chi connectivity index (χ1) is 3.84. The highest BCUT2D eigenvalue weighted by molar-refractivity contribution is 7.80. The largest absolute Gasteiger partial charge is 0.334 e. The van der Waals surface area contributed by atoms with Crippen molar-refractivity contribution in [2.24, 2.45) is 0 Å². The maximum atomic E-state index is 4.89. The Morgan fingerprint density at radius 2 is 2.62 bits per heavy atom. The highest BCUT2D eigenvalue weighted by Crippen LogP contribution is 1.89. The summed E-state index contributed by atoms with van der Waals surface area (Å²) in [5.41, 5.74) is 5.74. The maximum absolute atomic E-state index is 4.89. The van der Waals surface area contributed by atoms with E-state index < -0.39 is 0 Å². The second-order valence-electron chi connectivity index (χ2n) is 1.62. The lowest BCUT2D eigenvalue weighted by Gasteiger charge is -2.09. The van der Waals surface area contributed by atoms with Crippen LogP contribution in [0.2, 0.25) is 0 Å². The number of hydrazine groups is 1. The molecule has 1 rings (SSSR count). The van der Waals surface area contributed by atoms with Gasteiger partial charge in [0.2, 0.25) is 0 Å². The van der Waals surface area contributed by atoms with E-state index in [1.54, 1.807) is 0 Å². The molecule has 0 amide bonds. The summed E-state index contributed by atoms with van der Waals surface area (Å²) in [7, 11) is 0. The van der Waals surface area contributed by atoms with Crippen molar-refractivity contribution in [1.29, 1.82) is 0 Å². The summed E-state index contributed by atoms with van der Waals surface area (Å²) in [5, 5.41) is 0.799. The van der Waals surface area contributed by atoms with E-state index in [4.69, 9.17) is 12.2 Å². The molecule has 0 saturated carbocycles. The zero-order valence-electron chi connectivity index (χ0n) is 4.77. The zero-order chi connectivity index (χ0) is 5.98. The Labute approximate surface area is 54.0 Å². The monoisotopic (exact) mass is 131 g/mol. The molecule has 0 atom stereocenters. The molecule has 4 heteroatoms. The van der Waals surface area contributed by atoms with E-state index >= 15 is 0 Å².